The molecule has 0 radical (unpaired) electrons. The molecule has 19 heavy (non-hydrogen) atoms. The van der Waals surface area contributed by atoms with Gasteiger partial charge in [-0.1, -0.05) is 11.6 Å². The van der Waals surface area contributed by atoms with E-state index in [0.717, 1.165) is 0 Å². The van der Waals surface area contributed by atoms with E-state index in [-0.39, 0.29) is 10.6 Å². The molecule has 102 valence electrons. The fourth-order valence-electron chi connectivity index (χ4n) is 1.88. The van der Waals surface area contributed by atoms with E-state index in [0.29, 0.717) is 28.5 Å². The number of rotatable bonds is 4. The minimum absolute atomic E-state index is 0.144. The van der Waals surface area contributed by atoms with Crippen molar-refractivity contribution >= 4 is 35.0 Å². The van der Waals surface area contributed by atoms with Crippen molar-refractivity contribution in [2.24, 2.45) is 0 Å². The highest BCUT2D eigenvalue weighted by atomic mass is 35.5. The highest BCUT2D eigenvalue weighted by Gasteiger charge is 2.26. The first kappa shape index (κ1) is 14.0. The number of hydrogen-bond donors (Lipinski definition) is 2. The number of carboxylic acids is 1. The lowest BCUT2D eigenvalue weighted by Gasteiger charge is -2.23. The summed E-state index contributed by atoms with van der Waals surface area (Å²) < 4.78 is 5.50. The number of aromatic carboxylic acids is 1. The normalized spacial score (nSPS) is 13.3. The smallest absolute Gasteiger partial charge is 0.336 e. The first-order chi connectivity index (χ1) is 9.10. The number of carbonyl (C=O) groups is 1. The summed E-state index contributed by atoms with van der Waals surface area (Å²) in [4.78, 5) is 16.8. The largest absolute Gasteiger partial charge is 0.487 e. The van der Waals surface area contributed by atoms with Crippen molar-refractivity contribution in [1.82, 2.24) is 5.48 Å². The van der Waals surface area contributed by atoms with E-state index >= 15 is 0 Å². The molecule has 7 heteroatoms. The molecule has 0 saturated heterocycles. The lowest BCUT2D eigenvalue weighted by Crippen LogP contribution is -2.18. The average molecular weight is 302 g/mol. The van der Waals surface area contributed by atoms with E-state index in [4.69, 9.17) is 21.2 Å². The summed E-state index contributed by atoms with van der Waals surface area (Å²) in [6.45, 7) is 0.346. The zero-order chi connectivity index (χ0) is 14.0. The van der Waals surface area contributed by atoms with Gasteiger partial charge < -0.3 is 9.84 Å². The Labute approximate surface area is 119 Å². The fraction of sp³-hybridized carbons (Fsp3) is 0.250. The summed E-state index contributed by atoms with van der Waals surface area (Å²) >= 11 is 7.41. The highest BCUT2D eigenvalue weighted by Crippen LogP contribution is 2.43. The maximum absolute atomic E-state index is 11.3. The molecular formula is C12H12ClNO4S. The van der Waals surface area contributed by atoms with Crippen LogP contribution in [0.4, 0.5) is 0 Å². The number of ether oxygens (including phenoxy) is 1. The molecule has 2 N–H and O–H groups in total. The van der Waals surface area contributed by atoms with E-state index in [9.17, 15) is 9.90 Å². The molecule has 0 aromatic heterocycles. The van der Waals surface area contributed by atoms with E-state index in [1.807, 2.05) is 0 Å². The summed E-state index contributed by atoms with van der Waals surface area (Å²) in [7, 11) is 1.48. The maximum atomic E-state index is 11.3. The number of halogens is 1. The van der Waals surface area contributed by atoms with Gasteiger partial charge in [-0.2, -0.15) is 0 Å². The van der Waals surface area contributed by atoms with Gasteiger partial charge in [-0.05, 0) is 18.4 Å². The number of benzene rings is 1. The maximum Gasteiger partial charge on any atom is 0.336 e. The van der Waals surface area contributed by atoms with Gasteiger partial charge in [-0.15, -0.1) is 11.8 Å². The minimum Gasteiger partial charge on any atom is -0.487 e. The van der Waals surface area contributed by atoms with Crippen LogP contribution in [0.5, 0.6) is 5.75 Å². The van der Waals surface area contributed by atoms with E-state index in [1.54, 1.807) is 12.3 Å². The average Bonchev–Trinajstić information content (AvgIpc) is 2.39. The Kier molecular flexibility index (Phi) is 4.24. The zero-order valence-electron chi connectivity index (χ0n) is 10.3. The van der Waals surface area contributed by atoms with Crippen LogP contribution in [0.3, 0.4) is 0 Å². The number of hydroxylamine groups is 1. The first-order valence-electron chi connectivity index (χ1n) is 5.36. The molecule has 0 amide bonds. The van der Waals surface area contributed by atoms with Crippen molar-refractivity contribution in [3.05, 3.63) is 28.3 Å². The van der Waals surface area contributed by atoms with Crippen molar-refractivity contribution < 1.29 is 19.5 Å². The lowest BCUT2D eigenvalue weighted by molar-refractivity contribution is 0.0693. The van der Waals surface area contributed by atoms with Gasteiger partial charge in [-0.25, -0.2) is 4.79 Å². The van der Waals surface area contributed by atoms with Crippen molar-refractivity contribution in [3.63, 3.8) is 0 Å². The van der Waals surface area contributed by atoms with Crippen LogP contribution in [0, 0.1) is 0 Å². The molecule has 0 atom stereocenters. The van der Waals surface area contributed by atoms with Gasteiger partial charge in [0.2, 0.25) is 0 Å². The molecule has 1 heterocycles. The van der Waals surface area contributed by atoms with Gasteiger partial charge in [-0.3, -0.25) is 10.3 Å². The molecule has 1 aliphatic rings. The fourth-order valence-corrected chi connectivity index (χ4v) is 2.92. The Hall–Kier alpha value is -1.37. The van der Waals surface area contributed by atoms with Crippen LogP contribution in [0.2, 0.25) is 5.02 Å². The van der Waals surface area contributed by atoms with Gasteiger partial charge in [0.15, 0.2) is 0 Å². The SMILES string of the molecule is CONC1=CCOc2c(Cl)cc(C(=O)O)c(SC)c21. The molecule has 5 nitrogen and oxygen atoms in total. The number of carboxylic acid groups (broad SMARTS) is 1. The topological polar surface area (TPSA) is 67.8 Å². The number of hydrogen-bond acceptors (Lipinski definition) is 5. The molecule has 0 saturated carbocycles. The number of nitrogens with one attached hydrogen (secondary N) is 1. The van der Waals surface area contributed by atoms with Crippen LogP contribution < -0.4 is 10.2 Å². The van der Waals surface area contributed by atoms with Crippen molar-refractivity contribution in [2.45, 2.75) is 4.90 Å². The van der Waals surface area contributed by atoms with Gasteiger partial charge in [0.05, 0.1) is 29.0 Å². The Morgan fingerprint density at radius 1 is 1.63 bits per heavy atom. The van der Waals surface area contributed by atoms with Crippen LogP contribution in [-0.4, -0.2) is 31.0 Å². The number of thioether (sulfide) groups is 1. The number of fused-ring (bicyclic) bond motifs is 1. The lowest BCUT2D eigenvalue weighted by atomic mass is 10.0. The van der Waals surface area contributed by atoms with Crippen LogP contribution in [-0.2, 0) is 4.84 Å². The Balaban J connectivity index is 2.70. The Bertz CT molecular complexity index is 559. The second kappa shape index (κ2) is 5.73. The molecule has 1 aromatic carbocycles. The second-order valence-electron chi connectivity index (χ2n) is 3.68. The third kappa shape index (κ3) is 2.51. The predicted molar refractivity (Wildman–Crippen MR) is 73.8 cm³/mol. The summed E-state index contributed by atoms with van der Waals surface area (Å²) in [6.07, 6.45) is 3.57. The van der Waals surface area contributed by atoms with Gasteiger partial charge >= 0.3 is 5.97 Å². The Morgan fingerprint density at radius 3 is 2.95 bits per heavy atom. The highest BCUT2D eigenvalue weighted by molar-refractivity contribution is 7.98. The molecule has 1 aliphatic heterocycles. The van der Waals surface area contributed by atoms with Crippen LogP contribution in [0.25, 0.3) is 5.70 Å². The molecular weight excluding hydrogens is 290 g/mol. The molecule has 0 aliphatic carbocycles. The monoisotopic (exact) mass is 301 g/mol. The third-order valence-electron chi connectivity index (χ3n) is 2.62. The standard InChI is InChI=1S/C12H12ClNO4S/c1-17-14-8-3-4-18-10-7(13)5-6(12(15)16)11(19-2)9(8)10/h3,5,14H,4H2,1-2H3,(H,15,16). The van der Waals surface area contributed by atoms with Crippen molar-refractivity contribution in [2.75, 3.05) is 20.0 Å². The van der Waals surface area contributed by atoms with E-state index in [2.05, 4.69) is 5.48 Å². The van der Waals surface area contributed by atoms with E-state index < -0.39 is 5.97 Å². The van der Waals surface area contributed by atoms with Gasteiger partial charge in [0.25, 0.3) is 0 Å². The van der Waals surface area contributed by atoms with Crippen molar-refractivity contribution in [3.8, 4) is 5.75 Å². The van der Waals surface area contributed by atoms with E-state index in [1.165, 1.54) is 24.9 Å². The summed E-state index contributed by atoms with van der Waals surface area (Å²) in [5.74, 6) is -0.561. The molecule has 0 fully saturated rings. The van der Waals surface area contributed by atoms with Crippen LogP contribution >= 0.6 is 23.4 Å². The quantitative estimate of drug-likeness (QED) is 0.658. The predicted octanol–water partition coefficient (Wildman–Crippen LogP) is 2.64. The zero-order valence-corrected chi connectivity index (χ0v) is 11.9. The van der Waals surface area contributed by atoms with Gasteiger partial charge in [0, 0.05) is 4.90 Å². The Morgan fingerprint density at radius 2 is 2.37 bits per heavy atom. The summed E-state index contributed by atoms with van der Waals surface area (Å²) in [5.41, 5.74) is 4.14. The van der Waals surface area contributed by atoms with Crippen molar-refractivity contribution in [1.29, 1.82) is 0 Å². The minimum atomic E-state index is -1.03. The third-order valence-corrected chi connectivity index (χ3v) is 3.73. The molecule has 0 unspecified atom stereocenters. The summed E-state index contributed by atoms with van der Waals surface area (Å²) in [5, 5.41) is 9.53. The molecule has 1 aromatic rings. The van der Waals surface area contributed by atoms with Crippen LogP contribution in [0.1, 0.15) is 15.9 Å². The summed E-state index contributed by atoms with van der Waals surface area (Å²) in [6, 6.07) is 1.41. The van der Waals surface area contributed by atoms with Crippen LogP contribution in [0.15, 0.2) is 17.0 Å². The molecule has 0 bridgehead atoms. The molecule has 0 spiro atoms. The molecule has 2 rings (SSSR count). The first-order valence-corrected chi connectivity index (χ1v) is 6.96. The van der Waals surface area contributed by atoms with Gasteiger partial charge in [0.1, 0.15) is 12.4 Å². The second-order valence-corrected chi connectivity index (χ2v) is 4.91.